The topological polar surface area (TPSA) is 32.7 Å². The molecule has 0 spiro atoms. The van der Waals surface area contributed by atoms with Crippen molar-refractivity contribution in [2.45, 2.75) is 32.5 Å². The fourth-order valence-corrected chi connectivity index (χ4v) is 2.61. The molecule has 3 nitrogen and oxygen atoms in total. The van der Waals surface area contributed by atoms with Crippen molar-refractivity contribution in [3.63, 3.8) is 0 Å². The van der Waals surface area contributed by atoms with Crippen LogP contribution in [-0.2, 0) is 11.3 Å². The molecule has 1 aromatic rings. The number of hydrogen-bond donors (Lipinski definition) is 1. The van der Waals surface area contributed by atoms with Crippen molar-refractivity contribution in [2.75, 3.05) is 26.2 Å². The van der Waals surface area contributed by atoms with Gasteiger partial charge < -0.3 is 14.7 Å². The molecule has 112 valence electrons. The van der Waals surface area contributed by atoms with Gasteiger partial charge in [0, 0.05) is 11.6 Å². The lowest BCUT2D eigenvalue weighted by molar-refractivity contribution is 0.00497. The Bertz CT molecular complexity index is 388. The van der Waals surface area contributed by atoms with Crippen LogP contribution in [-0.4, -0.2) is 42.4 Å². The van der Waals surface area contributed by atoms with E-state index in [1.165, 1.54) is 12.8 Å². The lowest BCUT2D eigenvalue weighted by Gasteiger charge is -2.31. The van der Waals surface area contributed by atoms with Crippen LogP contribution in [0.15, 0.2) is 24.3 Å². The summed E-state index contributed by atoms with van der Waals surface area (Å²) in [6.45, 7) is 6.10. The highest BCUT2D eigenvalue weighted by Crippen LogP contribution is 2.16. The Balaban J connectivity index is 1.62. The van der Waals surface area contributed by atoms with Crippen molar-refractivity contribution < 1.29 is 9.84 Å². The lowest BCUT2D eigenvalue weighted by atomic mass is 9.99. The summed E-state index contributed by atoms with van der Waals surface area (Å²) < 4.78 is 5.56. The van der Waals surface area contributed by atoms with Crippen LogP contribution >= 0.6 is 11.6 Å². The minimum absolute atomic E-state index is 0.384. The van der Waals surface area contributed by atoms with Crippen LogP contribution in [0.4, 0.5) is 0 Å². The van der Waals surface area contributed by atoms with Crippen molar-refractivity contribution in [3.8, 4) is 0 Å². The molecule has 1 fully saturated rings. The largest absolute Gasteiger partial charge is 0.389 e. The number of hydrogen-bond acceptors (Lipinski definition) is 3. The first-order chi connectivity index (χ1) is 9.63. The summed E-state index contributed by atoms with van der Waals surface area (Å²) >= 11 is 5.83. The highest BCUT2D eigenvalue weighted by molar-refractivity contribution is 6.30. The molecule has 0 unspecified atom stereocenters. The maximum atomic E-state index is 10.0. The molecule has 0 saturated carbocycles. The highest BCUT2D eigenvalue weighted by Gasteiger charge is 2.18. The third-order valence-electron chi connectivity index (χ3n) is 3.84. The number of benzene rings is 1. The van der Waals surface area contributed by atoms with Gasteiger partial charge in [-0.15, -0.1) is 0 Å². The van der Waals surface area contributed by atoms with Crippen LogP contribution < -0.4 is 0 Å². The van der Waals surface area contributed by atoms with E-state index in [0.29, 0.717) is 19.8 Å². The quantitative estimate of drug-likeness (QED) is 0.876. The number of aliphatic hydroxyl groups excluding tert-OH is 1. The second-order valence-corrected chi connectivity index (χ2v) is 6.21. The number of β-amino-alcohol motifs (C(OH)–C–C–N with tert-alkyl or cyclic N) is 1. The van der Waals surface area contributed by atoms with Crippen molar-refractivity contribution in [1.82, 2.24) is 4.90 Å². The summed E-state index contributed by atoms with van der Waals surface area (Å²) in [6, 6.07) is 7.60. The molecule has 0 aromatic heterocycles. The van der Waals surface area contributed by atoms with E-state index in [4.69, 9.17) is 16.3 Å². The zero-order chi connectivity index (χ0) is 14.4. The fourth-order valence-electron chi connectivity index (χ4n) is 2.49. The molecule has 4 heteroatoms. The van der Waals surface area contributed by atoms with Gasteiger partial charge in [-0.1, -0.05) is 30.7 Å². The van der Waals surface area contributed by atoms with Crippen LogP contribution in [0.2, 0.25) is 5.02 Å². The molecule has 2 rings (SSSR count). The van der Waals surface area contributed by atoms with Crippen molar-refractivity contribution in [2.24, 2.45) is 5.92 Å². The van der Waals surface area contributed by atoms with Gasteiger partial charge in [-0.25, -0.2) is 0 Å². The SMILES string of the molecule is CC1CCN(C[C@H](O)COCc2ccc(Cl)cc2)CC1. The van der Waals surface area contributed by atoms with Crippen LogP contribution in [0.3, 0.4) is 0 Å². The second kappa shape index (κ2) is 7.99. The van der Waals surface area contributed by atoms with Gasteiger partial charge in [0.15, 0.2) is 0 Å². The zero-order valence-corrected chi connectivity index (χ0v) is 12.9. The summed E-state index contributed by atoms with van der Waals surface area (Å²) in [5, 5.41) is 10.7. The number of aliphatic hydroxyl groups is 1. The van der Waals surface area contributed by atoms with E-state index in [9.17, 15) is 5.11 Å². The second-order valence-electron chi connectivity index (χ2n) is 5.78. The molecular weight excluding hydrogens is 274 g/mol. The van der Waals surface area contributed by atoms with Crippen LogP contribution in [0.5, 0.6) is 0 Å². The molecule has 0 aliphatic carbocycles. The first-order valence-corrected chi connectivity index (χ1v) is 7.74. The number of ether oxygens (including phenoxy) is 1. The molecule has 1 atom stereocenters. The lowest BCUT2D eigenvalue weighted by Crippen LogP contribution is -2.39. The fraction of sp³-hybridized carbons (Fsp3) is 0.625. The average molecular weight is 298 g/mol. The predicted octanol–water partition coefficient (Wildman–Crippen LogP) is 2.95. The van der Waals surface area contributed by atoms with Crippen molar-refractivity contribution in [1.29, 1.82) is 0 Å². The smallest absolute Gasteiger partial charge is 0.0900 e. The molecule has 0 radical (unpaired) electrons. The number of halogens is 1. The summed E-state index contributed by atoms with van der Waals surface area (Å²) in [6.07, 6.45) is 2.06. The van der Waals surface area contributed by atoms with E-state index in [1.54, 1.807) is 0 Å². The molecule has 0 amide bonds. The van der Waals surface area contributed by atoms with E-state index < -0.39 is 6.10 Å². The Morgan fingerprint density at radius 3 is 2.60 bits per heavy atom. The van der Waals surface area contributed by atoms with Gasteiger partial charge in [0.2, 0.25) is 0 Å². The minimum Gasteiger partial charge on any atom is -0.389 e. The summed E-state index contributed by atoms with van der Waals surface area (Å²) in [5.41, 5.74) is 1.08. The number of nitrogens with zero attached hydrogens (tertiary/aromatic N) is 1. The number of likely N-dealkylation sites (tertiary alicyclic amines) is 1. The highest BCUT2D eigenvalue weighted by atomic mass is 35.5. The first-order valence-electron chi connectivity index (χ1n) is 7.36. The molecule has 1 aromatic carbocycles. The Morgan fingerprint density at radius 2 is 1.95 bits per heavy atom. The Hall–Kier alpha value is -0.610. The van der Waals surface area contributed by atoms with Gasteiger partial charge in [-0.05, 0) is 49.5 Å². The molecule has 0 bridgehead atoms. The van der Waals surface area contributed by atoms with E-state index in [1.807, 2.05) is 24.3 Å². The number of rotatable bonds is 6. The Labute approximate surface area is 126 Å². The molecule has 1 aliphatic heterocycles. The third kappa shape index (κ3) is 5.41. The Kier molecular flexibility index (Phi) is 6.30. The van der Waals surface area contributed by atoms with Gasteiger partial charge in [-0.3, -0.25) is 0 Å². The predicted molar refractivity (Wildman–Crippen MR) is 82.0 cm³/mol. The molecule has 20 heavy (non-hydrogen) atoms. The van der Waals surface area contributed by atoms with Gasteiger partial charge in [0.1, 0.15) is 0 Å². The molecule has 1 aliphatic rings. The molecular formula is C16H24ClNO2. The normalized spacial score (nSPS) is 19.1. The monoisotopic (exact) mass is 297 g/mol. The van der Waals surface area contributed by atoms with Crippen molar-refractivity contribution >= 4 is 11.6 Å². The van der Waals surface area contributed by atoms with Crippen LogP contribution in [0.25, 0.3) is 0 Å². The third-order valence-corrected chi connectivity index (χ3v) is 4.09. The minimum atomic E-state index is -0.407. The first kappa shape index (κ1) is 15.8. The number of piperidine rings is 1. The van der Waals surface area contributed by atoms with Gasteiger partial charge in [0.25, 0.3) is 0 Å². The van der Waals surface area contributed by atoms with E-state index in [2.05, 4.69) is 11.8 Å². The van der Waals surface area contributed by atoms with Crippen molar-refractivity contribution in [3.05, 3.63) is 34.9 Å². The standard InChI is InChI=1S/C16H24ClNO2/c1-13-6-8-18(9-7-13)10-16(19)12-20-11-14-2-4-15(17)5-3-14/h2-5,13,16,19H,6-12H2,1H3/t16-/m0/s1. The van der Waals surface area contributed by atoms with E-state index >= 15 is 0 Å². The van der Waals surface area contributed by atoms with Gasteiger partial charge in [-0.2, -0.15) is 0 Å². The maximum Gasteiger partial charge on any atom is 0.0900 e. The summed E-state index contributed by atoms with van der Waals surface area (Å²) in [5.74, 6) is 0.824. The van der Waals surface area contributed by atoms with Crippen LogP contribution in [0.1, 0.15) is 25.3 Å². The van der Waals surface area contributed by atoms with Gasteiger partial charge in [0.05, 0.1) is 19.3 Å². The molecule has 1 N–H and O–H groups in total. The summed E-state index contributed by atoms with van der Waals surface area (Å²) in [4.78, 5) is 2.33. The van der Waals surface area contributed by atoms with E-state index in [0.717, 1.165) is 29.6 Å². The Morgan fingerprint density at radius 1 is 1.30 bits per heavy atom. The van der Waals surface area contributed by atoms with E-state index in [-0.39, 0.29) is 0 Å². The molecule has 1 saturated heterocycles. The average Bonchev–Trinajstić information content (AvgIpc) is 2.44. The summed E-state index contributed by atoms with van der Waals surface area (Å²) in [7, 11) is 0. The zero-order valence-electron chi connectivity index (χ0n) is 12.1. The maximum absolute atomic E-state index is 10.0. The van der Waals surface area contributed by atoms with Crippen LogP contribution in [0, 0.1) is 5.92 Å². The van der Waals surface area contributed by atoms with Gasteiger partial charge >= 0.3 is 0 Å². The molecule has 1 heterocycles.